The molecule has 0 unspecified atom stereocenters. The first kappa shape index (κ1) is 14.3. The number of amides is 1. The van der Waals surface area contributed by atoms with Gasteiger partial charge in [-0.15, -0.1) is 0 Å². The fourth-order valence-corrected chi connectivity index (χ4v) is 2.45. The van der Waals surface area contributed by atoms with Crippen LogP contribution in [0, 0.1) is 0 Å². The number of carbonyl (C=O) groups is 1. The van der Waals surface area contributed by atoms with Gasteiger partial charge in [-0.05, 0) is 37.1 Å². The highest BCUT2D eigenvalue weighted by atomic mass is 16.5. The zero-order chi connectivity index (χ0) is 15.4. The van der Waals surface area contributed by atoms with E-state index < -0.39 is 0 Å². The molecule has 1 N–H and O–H groups in total. The highest BCUT2D eigenvalue weighted by Gasteiger charge is 2.20. The van der Waals surface area contributed by atoms with Gasteiger partial charge < -0.3 is 15.0 Å². The minimum Gasteiger partial charge on any atom is -0.497 e. The predicted molar refractivity (Wildman–Crippen MR) is 83.4 cm³/mol. The Morgan fingerprint density at radius 2 is 1.91 bits per heavy atom. The molecule has 1 aliphatic heterocycles. The highest BCUT2D eigenvalue weighted by Crippen LogP contribution is 2.19. The van der Waals surface area contributed by atoms with Crippen LogP contribution in [0.5, 0.6) is 5.75 Å². The molecule has 1 fully saturated rings. The van der Waals surface area contributed by atoms with Crippen LogP contribution >= 0.6 is 0 Å². The molecule has 22 heavy (non-hydrogen) atoms. The van der Waals surface area contributed by atoms with Crippen LogP contribution in [0.1, 0.15) is 23.3 Å². The van der Waals surface area contributed by atoms with E-state index in [9.17, 15) is 4.79 Å². The van der Waals surface area contributed by atoms with Crippen molar-refractivity contribution in [3.05, 3.63) is 42.4 Å². The molecule has 1 saturated heterocycles. The molecular formula is C16H18N4O2. The summed E-state index contributed by atoms with van der Waals surface area (Å²) in [5.74, 6) is 1.36. The number of nitrogens with zero attached hydrogens (tertiary/aromatic N) is 3. The molecular weight excluding hydrogens is 280 g/mol. The molecule has 0 radical (unpaired) electrons. The summed E-state index contributed by atoms with van der Waals surface area (Å²) in [7, 11) is 1.63. The van der Waals surface area contributed by atoms with Crippen LogP contribution in [0.3, 0.4) is 0 Å². The van der Waals surface area contributed by atoms with E-state index in [1.807, 2.05) is 29.2 Å². The van der Waals surface area contributed by atoms with E-state index in [0.29, 0.717) is 11.5 Å². The summed E-state index contributed by atoms with van der Waals surface area (Å²) in [5, 5.41) is 3.16. The number of carbonyl (C=O) groups excluding carboxylic acids is 1. The molecule has 6 heteroatoms. The Morgan fingerprint density at radius 1 is 1.18 bits per heavy atom. The number of anilines is 2. The fraction of sp³-hybridized carbons (Fsp3) is 0.312. The van der Waals surface area contributed by atoms with E-state index in [1.165, 1.54) is 6.33 Å². The van der Waals surface area contributed by atoms with Gasteiger partial charge in [0.1, 0.15) is 23.6 Å². The van der Waals surface area contributed by atoms with Gasteiger partial charge in [-0.1, -0.05) is 0 Å². The Hall–Kier alpha value is -2.63. The SMILES string of the molecule is COc1ccc(Nc2cc(C(=O)N3CCCC3)ncn2)cc1. The van der Waals surface area contributed by atoms with Crippen molar-refractivity contribution < 1.29 is 9.53 Å². The zero-order valence-electron chi connectivity index (χ0n) is 12.5. The van der Waals surface area contributed by atoms with Gasteiger partial charge in [0.2, 0.25) is 0 Å². The normalized spacial score (nSPS) is 14.0. The lowest BCUT2D eigenvalue weighted by Gasteiger charge is -2.14. The lowest BCUT2D eigenvalue weighted by atomic mass is 10.3. The second kappa shape index (κ2) is 6.43. The van der Waals surface area contributed by atoms with Crippen molar-refractivity contribution in [2.75, 3.05) is 25.5 Å². The van der Waals surface area contributed by atoms with Gasteiger partial charge in [0.15, 0.2) is 0 Å². The summed E-state index contributed by atoms with van der Waals surface area (Å²) in [5.41, 5.74) is 1.30. The van der Waals surface area contributed by atoms with Crippen LogP contribution < -0.4 is 10.1 Å². The molecule has 0 aliphatic carbocycles. The van der Waals surface area contributed by atoms with Crippen molar-refractivity contribution in [3.8, 4) is 5.75 Å². The smallest absolute Gasteiger partial charge is 0.272 e. The Morgan fingerprint density at radius 3 is 2.59 bits per heavy atom. The first-order valence-corrected chi connectivity index (χ1v) is 7.28. The number of nitrogens with one attached hydrogen (secondary N) is 1. The average Bonchev–Trinajstić information content (AvgIpc) is 3.09. The van der Waals surface area contributed by atoms with E-state index in [2.05, 4.69) is 15.3 Å². The summed E-state index contributed by atoms with van der Waals surface area (Å²) in [6.45, 7) is 1.62. The highest BCUT2D eigenvalue weighted by molar-refractivity contribution is 5.93. The van der Waals surface area contributed by atoms with Crippen LogP contribution in [-0.2, 0) is 0 Å². The Kier molecular flexibility index (Phi) is 4.18. The molecule has 0 spiro atoms. The van der Waals surface area contributed by atoms with Crippen molar-refractivity contribution in [1.29, 1.82) is 0 Å². The number of likely N-dealkylation sites (tertiary alicyclic amines) is 1. The lowest BCUT2D eigenvalue weighted by Crippen LogP contribution is -2.28. The molecule has 1 aromatic carbocycles. The molecule has 1 aromatic heterocycles. The Labute approximate surface area is 129 Å². The van der Waals surface area contributed by atoms with E-state index in [4.69, 9.17) is 4.74 Å². The molecule has 2 aromatic rings. The van der Waals surface area contributed by atoms with Gasteiger partial charge in [-0.3, -0.25) is 4.79 Å². The van der Waals surface area contributed by atoms with Crippen molar-refractivity contribution in [2.45, 2.75) is 12.8 Å². The molecule has 1 amide bonds. The summed E-state index contributed by atoms with van der Waals surface area (Å²) < 4.78 is 5.12. The second-order valence-electron chi connectivity index (χ2n) is 5.14. The summed E-state index contributed by atoms with van der Waals surface area (Å²) in [6.07, 6.45) is 3.54. The van der Waals surface area contributed by atoms with E-state index in [1.54, 1.807) is 13.2 Å². The van der Waals surface area contributed by atoms with Gasteiger partial charge in [-0.25, -0.2) is 9.97 Å². The van der Waals surface area contributed by atoms with Crippen molar-refractivity contribution in [1.82, 2.24) is 14.9 Å². The van der Waals surface area contributed by atoms with E-state index in [-0.39, 0.29) is 5.91 Å². The van der Waals surface area contributed by atoms with Crippen LogP contribution in [0.4, 0.5) is 11.5 Å². The maximum atomic E-state index is 12.3. The average molecular weight is 298 g/mol. The number of benzene rings is 1. The third-order valence-electron chi connectivity index (χ3n) is 3.64. The second-order valence-corrected chi connectivity index (χ2v) is 5.14. The fourth-order valence-electron chi connectivity index (χ4n) is 2.45. The zero-order valence-corrected chi connectivity index (χ0v) is 12.5. The van der Waals surface area contributed by atoms with Gasteiger partial charge in [0.25, 0.3) is 5.91 Å². The minimum absolute atomic E-state index is 0.0299. The number of hydrogen-bond donors (Lipinski definition) is 1. The summed E-state index contributed by atoms with van der Waals surface area (Å²) >= 11 is 0. The third kappa shape index (κ3) is 3.16. The molecule has 2 heterocycles. The maximum absolute atomic E-state index is 12.3. The maximum Gasteiger partial charge on any atom is 0.272 e. The van der Waals surface area contributed by atoms with Crippen molar-refractivity contribution in [3.63, 3.8) is 0 Å². The predicted octanol–water partition coefficient (Wildman–Crippen LogP) is 2.46. The first-order valence-electron chi connectivity index (χ1n) is 7.28. The van der Waals surface area contributed by atoms with Gasteiger partial charge in [0, 0.05) is 24.8 Å². The summed E-state index contributed by atoms with van der Waals surface area (Å²) in [6, 6.07) is 9.19. The molecule has 0 atom stereocenters. The molecule has 3 rings (SSSR count). The van der Waals surface area contributed by atoms with Crippen molar-refractivity contribution >= 4 is 17.4 Å². The van der Waals surface area contributed by atoms with Gasteiger partial charge in [-0.2, -0.15) is 0 Å². The standard InChI is InChI=1S/C16H18N4O2/c1-22-13-6-4-12(5-7-13)19-15-10-14(17-11-18-15)16(21)20-8-2-3-9-20/h4-7,10-11H,2-3,8-9H2,1H3,(H,17,18,19). The summed E-state index contributed by atoms with van der Waals surface area (Å²) in [4.78, 5) is 22.4. The minimum atomic E-state index is -0.0299. The molecule has 6 nitrogen and oxygen atoms in total. The first-order chi connectivity index (χ1) is 10.8. The molecule has 1 aliphatic rings. The monoisotopic (exact) mass is 298 g/mol. The largest absolute Gasteiger partial charge is 0.497 e. The number of aromatic nitrogens is 2. The van der Waals surface area contributed by atoms with Gasteiger partial charge >= 0.3 is 0 Å². The van der Waals surface area contributed by atoms with Crippen LogP contribution in [0.2, 0.25) is 0 Å². The van der Waals surface area contributed by atoms with Gasteiger partial charge in [0.05, 0.1) is 7.11 Å². The van der Waals surface area contributed by atoms with E-state index >= 15 is 0 Å². The third-order valence-corrected chi connectivity index (χ3v) is 3.64. The molecule has 0 saturated carbocycles. The Bertz CT molecular complexity index is 651. The topological polar surface area (TPSA) is 67.3 Å². The van der Waals surface area contributed by atoms with Crippen LogP contribution in [-0.4, -0.2) is 41.0 Å². The number of methoxy groups -OCH3 is 1. The number of hydrogen-bond acceptors (Lipinski definition) is 5. The van der Waals surface area contributed by atoms with Crippen LogP contribution in [0.25, 0.3) is 0 Å². The molecule has 0 bridgehead atoms. The van der Waals surface area contributed by atoms with Crippen LogP contribution in [0.15, 0.2) is 36.7 Å². The van der Waals surface area contributed by atoms with E-state index in [0.717, 1.165) is 37.4 Å². The number of ether oxygens (including phenoxy) is 1. The Balaban J connectivity index is 1.74. The lowest BCUT2D eigenvalue weighted by molar-refractivity contribution is 0.0787. The molecule has 114 valence electrons. The van der Waals surface area contributed by atoms with Crippen molar-refractivity contribution in [2.24, 2.45) is 0 Å². The quantitative estimate of drug-likeness (QED) is 0.939. The number of rotatable bonds is 4.